The molecule has 1 N–H and O–H groups in total. The van der Waals surface area contributed by atoms with E-state index in [0.29, 0.717) is 24.1 Å². The molecule has 2 fully saturated rings. The topological polar surface area (TPSA) is 85.1 Å². The lowest BCUT2D eigenvalue weighted by molar-refractivity contribution is 0.316. The fourth-order valence-corrected chi connectivity index (χ4v) is 4.44. The van der Waals surface area contributed by atoms with Crippen molar-refractivity contribution in [2.24, 2.45) is 5.92 Å². The molecule has 3 heterocycles. The summed E-state index contributed by atoms with van der Waals surface area (Å²) in [5.41, 5.74) is 0. The van der Waals surface area contributed by atoms with Crippen molar-refractivity contribution in [2.75, 3.05) is 18.1 Å². The fourth-order valence-electron chi connectivity index (χ4n) is 2.70. The molecule has 3 rings (SSSR count). The van der Waals surface area contributed by atoms with Crippen LogP contribution in [0.2, 0.25) is 0 Å². The van der Waals surface area contributed by atoms with Crippen LogP contribution in [0.1, 0.15) is 43.4 Å². The first kappa shape index (κ1) is 12.1. The second-order valence-electron chi connectivity index (χ2n) is 5.29. The quantitative estimate of drug-likeness (QED) is 0.849. The van der Waals surface area contributed by atoms with E-state index in [0.717, 1.165) is 13.0 Å². The smallest absolute Gasteiger partial charge is 0.244 e. The fraction of sp³-hybridized carbons (Fsp3) is 0.818. The molecule has 100 valence electrons. The molecule has 2 aliphatic heterocycles. The van der Waals surface area contributed by atoms with Gasteiger partial charge in [-0.3, -0.25) is 0 Å². The van der Waals surface area contributed by atoms with Crippen molar-refractivity contribution in [1.82, 2.24) is 15.5 Å². The summed E-state index contributed by atoms with van der Waals surface area (Å²) in [6.45, 7) is 3.11. The van der Waals surface area contributed by atoms with Crippen molar-refractivity contribution in [3.05, 3.63) is 11.7 Å². The number of hydrogen-bond acceptors (Lipinski definition) is 6. The second kappa shape index (κ2) is 4.31. The average molecular weight is 271 g/mol. The largest absolute Gasteiger partial charge is 0.338 e. The number of nitrogens with one attached hydrogen (secondary N) is 1. The van der Waals surface area contributed by atoms with E-state index in [1.807, 2.05) is 0 Å². The van der Waals surface area contributed by atoms with Crippen LogP contribution in [0, 0.1) is 5.92 Å². The molecule has 0 bridgehead atoms. The Labute approximate surface area is 106 Å². The maximum Gasteiger partial charge on any atom is 0.244 e. The van der Waals surface area contributed by atoms with Gasteiger partial charge in [0.2, 0.25) is 5.89 Å². The van der Waals surface area contributed by atoms with Crippen LogP contribution in [0.5, 0.6) is 0 Å². The molecule has 6 nitrogen and oxygen atoms in total. The Kier molecular flexibility index (Phi) is 2.90. The summed E-state index contributed by atoms with van der Waals surface area (Å²) >= 11 is 0. The first-order chi connectivity index (χ1) is 8.55. The Morgan fingerprint density at radius 3 is 2.83 bits per heavy atom. The highest BCUT2D eigenvalue weighted by molar-refractivity contribution is 7.91. The summed E-state index contributed by atoms with van der Waals surface area (Å²) in [6.07, 6.45) is 1.70. The summed E-state index contributed by atoms with van der Waals surface area (Å²) in [5.74, 6) is 1.92. The van der Waals surface area contributed by atoms with Crippen molar-refractivity contribution >= 4 is 9.84 Å². The summed E-state index contributed by atoms with van der Waals surface area (Å²) in [4.78, 5) is 4.39. The van der Waals surface area contributed by atoms with Gasteiger partial charge >= 0.3 is 0 Å². The Morgan fingerprint density at radius 1 is 1.39 bits per heavy atom. The summed E-state index contributed by atoms with van der Waals surface area (Å²) in [5, 5.41) is 7.28. The van der Waals surface area contributed by atoms with Gasteiger partial charge in [0.15, 0.2) is 15.7 Å². The summed E-state index contributed by atoms with van der Waals surface area (Å²) in [7, 11) is -2.90. The molecule has 0 spiro atoms. The predicted octanol–water partition coefficient (Wildman–Crippen LogP) is 0.642. The van der Waals surface area contributed by atoms with Gasteiger partial charge in [-0.2, -0.15) is 4.98 Å². The molecule has 1 aromatic heterocycles. The van der Waals surface area contributed by atoms with Crippen LogP contribution in [-0.2, 0) is 9.84 Å². The third kappa shape index (κ3) is 2.16. The van der Waals surface area contributed by atoms with Gasteiger partial charge in [0.25, 0.3) is 0 Å². The Bertz CT molecular complexity index is 539. The zero-order chi connectivity index (χ0) is 12.8. The van der Waals surface area contributed by atoms with Crippen LogP contribution >= 0.6 is 0 Å². The van der Waals surface area contributed by atoms with Crippen LogP contribution in [0.25, 0.3) is 0 Å². The van der Waals surface area contributed by atoms with Crippen molar-refractivity contribution < 1.29 is 12.9 Å². The molecule has 0 saturated carbocycles. The summed E-state index contributed by atoms with van der Waals surface area (Å²) < 4.78 is 28.1. The highest BCUT2D eigenvalue weighted by Crippen LogP contribution is 2.31. The first-order valence-electron chi connectivity index (χ1n) is 6.32. The lowest BCUT2D eigenvalue weighted by Gasteiger charge is -2.09. The number of nitrogens with zero attached hydrogens (tertiary/aromatic N) is 2. The van der Waals surface area contributed by atoms with Gasteiger partial charge in [-0.15, -0.1) is 0 Å². The average Bonchev–Trinajstić information content (AvgIpc) is 2.97. The normalized spacial score (nSPS) is 35.1. The van der Waals surface area contributed by atoms with E-state index in [2.05, 4.69) is 22.4 Å². The van der Waals surface area contributed by atoms with Gasteiger partial charge in [0, 0.05) is 5.92 Å². The zero-order valence-electron chi connectivity index (χ0n) is 10.3. The van der Waals surface area contributed by atoms with E-state index in [1.54, 1.807) is 0 Å². The number of hydrogen-bond donors (Lipinski definition) is 1. The van der Waals surface area contributed by atoms with Crippen LogP contribution in [0.4, 0.5) is 0 Å². The van der Waals surface area contributed by atoms with Crippen molar-refractivity contribution in [3.8, 4) is 0 Å². The molecule has 18 heavy (non-hydrogen) atoms. The zero-order valence-corrected chi connectivity index (χ0v) is 11.1. The van der Waals surface area contributed by atoms with Gasteiger partial charge in [0.1, 0.15) is 0 Å². The molecule has 7 heteroatoms. The molecule has 0 radical (unpaired) electrons. The highest BCUT2D eigenvalue weighted by Gasteiger charge is 2.34. The number of sulfone groups is 1. The minimum absolute atomic E-state index is 0.0933. The van der Waals surface area contributed by atoms with Crippen molar-refractivity contribution in [2.45, 2.75) is 31.7 Å². The van der Waals surface area contributed by atoms with E-state index in [4.69, 9.17) is 4.52 Å². The van der Waals surface area contributed by atoms with Crippen LogP contribution in [0.15, 0.2) is 4.52 Å². The SMILES string of the molecule is CC1CCNC1c1nc(C2CCS(=O)(=O)C2)no1. The van der Waals surface area contributed by atoms with Crippen LogP contribution in [-0.4, -0.2) is 36.6 Å². The van der Waals surface area contributed by atoms with E-state index in [1.165, 1.54) is 0 Å². The molecular formula is C11H17N3O3S. The van der Waals surface area contributed by atoms with Gasteiger partial charge in [-0.05, 0) is 25.3 Å². The molecule has 2 aliphatic rings. The standard InChI is InChI=1S/C11H17N3O3S/c1-7-2-4-12-9(7)11-13-10(14-17-11)8-3-5-18(15,16)6-8/h7-9,12H,2-6H2,1H3. The van der Waals surface area contributed by atoms with Gasteiger partial charge in [0.05, 0.1) is 17.5 Å². The van der Waals surface area contributed by atoms with Crippen LogP contribution < -0.4 is 5.32 Å². The van der Waals surface area contributed by atoms with Gasteiger partial charge < -0.3 is 9.84 Å². The van der Waals surface area contributed by atoms with E-state index >= 15 is 0 Å². The first-order valence-corrected chi connectivity index (χ1v) is 8.14. The minimum atomic E-state index is -2.90. The van der Waals surface area contributed by atoms with E-state index in [9.17, 15) is 8.42 Å². The molecule has 1 aromatic rings. The van der Waals surface area contributed by atoms with Gasteiger partial charge in [-0.25, -0.2) is 8.42 Å². The van der Waals surface area contributed by atoms with E-state index < -0.39 is 9.84 Å². The lowest BCUT2D eigenvalue weighted by atomic mass is 10.0. The lowest BCUT2D eigenvalue weighted by Crippen LogP contribution is -2.17. The third-order valence-electron chi connectivity index (χ3n) is 3.85. The molecule has 3 atom stereocenters. The third-order valence-corrected chi connectivity index (χ3v) is 5.62. The van der Waals surface area contributed by atoms with Crippen molar-refractivity contribution in [3.63, 3.8) is 0 Å². The number of rotatable bonds is 2. The Hall–Kier alpha value is -0.950. The molecule has 3 unspecified atom stereocenters. The van der Waals surface area contributed by atoms with Crippen LogP contribution in [0.3, 0.4) is 0 Å². The monoisotopic (exact) mass is 271 g/mol. The molecule has 0 amide bonds. The van der Waals surface area contributed by atoms with E-state index in [-0.39, 0.29) is 23.5 Å². The maximum absolute atomic E-state index is 11.4. The Balaban J connectivity index is 1.78. The minimum Gasteiger partial charge on any atom is -0.338 e. The van der Waals surface area contributed by atoms with Gasteiger partial charge in [-0.1, -0.05) is 12.1 Å². The van der Waals surface area contributed by atoms with Crippen molar-refractivity contribution in [1.29, 1.82) is 0 Å². The molecular weight excluding hydrogens is 254 g/mol. The second-order valence-corrected chi connectivity index (χ2v) is 7.52. The Morgan fingerprint density at radius 2 is 2.22 bits per heavy atom. The maximum atomic E-state index is 11.4. The highest BCUT2D eigenvalue weighted by atomic mass is 32.2. The predicted molar refractivity (Wildman–Crippen MR) is 64.8 cm³/mol. The number of aromatic nitrogens is 2. The molecule has 0 aliphatic carbocycles. The summed E-state index contributed by atoms with van der Waals surface area (Å²) in [6, 6.07) is 0.115. The molecule has 0 aromatic carbocycles. The molecule has 2 saturated heterocycles.